The molecule has 0 aliphatic carbocycles. The van der Waals surface area contributed by atoms with Crippen molar-refractivity contribution < 1.29 is 0 Å². The van der Waals surface area contributed by atoms with Gasteiger partial charge in [0.15, 0.2) is 0 Å². The minimum Gasteiger partial charge on any atom is -0.315 e. The summed E-state index contributed by atoms with van der Waals surface area (Å²) in [6.07, 6.45) is 2.15. The lowest BCUT2D eigenvalue weighted by Gasteiger charge is -2.26. The number of aryl methyl sites for hydroxylation is 1. The predicted molar refractivity (Wildman–Crippen MR) is 84.2 cm³/mol. The van der Waals surface area contributed by atoms with Gasteiger partial charge in [0.25, 0.3) is 0 Å². The molecule has 0 radical (unpaired) electrons. The van der Waals surface area contributed by atoms with Crippen LogP contribution in [0.1, 0.15) is 21.8 Å². The fraction of sp³-hybridized carbons (Fsp3) is 0.438. The van der Waals surface area contributed by atoms with E-state index in [4.69, 9.17) is 0 Å². The topological polar surface area (TPSA) is 37.0 Å². The van der Waals surface area contributed by atoms with Crippen molar-refractivity contribution in [2.24, 2.45) is 0 Å². The van der Waals surface area contributed by atoms with Gasteiger partial charge in [-0.25, -0.2) is 4.98 Å². The minimum atomic E-state index is 0.544. The molecule has 4 heteroatoms. The zero-order valence-corrected chi connectivity index (χ0v) is 12.7. The fourth-order valence-electron chi connectivity index (χ4n) is 2.68. The zero-order valence-electron chi connectivity index (χ0n) is 11.9. The number of nitrogens with one attached hydrogen (secondary N) is 2. The van der Waals surface area contributed by atoms with Crippen LogP contribution in [0.4, 0.5) is 0 Å². The van der Waals surface area contributed by atoms with Crippen LogP contribution in [-0.2, 0) is 19.4 Å². The van der Waals surface area contributed by atoms with E-state index in [1.54, 1.807) is 11.3 Å². The third-order valence-corrected chi connectivity index (χ3v) is 4.60. The molecule has 1 aliphatic rings. The third kappa shape index (κ3) is 3.45. The van der Waals surface area contributed by atoms with Gasteiger partial charge in [-0.15, -0.1) is 11.3 Å². The van der Waals surface area contributed by atoms with E-state index in [0.29, 0.717) is 6.04 Å². The lowest BCUT2D eigenvalue weighted by molar-refractivity contribution is 0.449. The van der Waals surface area contributed by atoms with Crippen LogP contribution in [0.3, 0.4) is 0 Å². The summed E-state index contributed by atoms with van der Waals surface area (Å²) < 4.78 is 0. The number of hydrogen-bond acceptors (Lipinski definition) is 4. The van der Waals surface area contributed by atoms with Gasteiger partial charge in [0.05, 0.1) is 10.7 Å². The van der Waals surface area contributed by atoms with Crippen LogP contribution in [0, 0.1) is 6.92 Å². The monoisotopic (exact) mass is 287 g/mol. The molecular formula is C16H21N3S. The first-order valence-electron chi connectivity index (χ1n) is 7.23. The van der Waals surface area contributed by atoms with Gasteiger partial charge in [0.2, 0.25) is 0 Å². The summed E-state index contributed by atoms with van der Waals surface area (Å²) >= 11 is 1.73. The van der Waals surface area contributed by atoms with Crippen molar-refractivity contribution >= 4 is 11.3 Å². The highest BCUT2D eigenvalue weighted by molar-refractivity contribution is 7.09. The molecule has 20 heavy (non-hydrogen) atoms. The molecule has 3 nitrogen and oxygen atoms in total. The first kappa shape index (κ1) is 13.7. The molecule has 1 aromatic carbocycles. The van der Waals surface area contributed by atoms with E-state index in [9.17, 15) is 0 Å². The maximum atomic E-state index is 4.49. The van der Waals surface area contributed by atoms with E-state index in [1.807, 2.05) is 0 Å². The van der Waals surface area contributed by atoms with Gasteiger partial charge in [-0.3, -0.25) is 0 Å². The Balaban J connectivity index is 1.42. The number of benzene rings is 1. The number of hydrogen-bond donors (Lipinski definition) is 2. The quantitative estimate of drug-likeness (QED) is 0.829. The Morgan fingerprint density at radius 3 is 3.00 bits per heavy atom. The average Bonchev–Trinajstić information content (AvgIpc) is 2.89. The summed E-state index contributed by atoms with van der Waals surface area (Å²) in [5, 5.41) is 10.5. The van der Waals surface area contributed by atoms with Crippen molar-refractivity contribution in [2.75, 3.05) is 13.1 Å². The summed E-state index contributed by atoms with van der Waals surface area (Å²) in [6.45, 7) is 5.08. The molecule has 0 saturated heterocycles. The number of aromatic nitrogens is 1. The van der Waals surface area contributed by atoms with Gasteiger partial charge in [-0.05, 0) is 24.5 Å². The van der Waals surface area contributed by atoms with E-state index in [2.05, 4.69) is 52.2 Å². The van der Waals surface area contributed by atoms with E-state index >= 15 is 0 Å². The fourth-order valence-corrected chi connectivity index (χ4v) is 3.33. The third-order valence-electron chi connectivity index (χ3n) is 3.78. The van der Waals surface area contributed by atoms with Crippen molar-refractivity contribution in [1.29, 1.82) is 0 Å². The summed E-state index contributed by atoms with van der Waals surface area (Å²) in [5.41, 5.74) is 4.15. The van der Waals surface area contributed by atoms with Gasteiger partial charge < -0.3 is 10.6 Å². The summed E-state index contributed by atoms with van der Waals surface area (Å²) in [4.78, 5) is 4.49. The van der Waals surface area contributed by atoms with Crippen LogP contribution in [0.5, 0.6) is 0 Å². The maximum Gasteiger partial charge on any atom is 0.0897 e. The summed E-state index contributed by atoms with van der Waals surface area (Å²) in [5.74, 6) is 0. The smallest absolute Gasteiger partial charge is 0.0897 e. The Kier molecular flexibility index (Phi) is 4.45. The maximum absolute atomic E-state index is 4.49. The normalized spacial score (nSPS) is 17.9. The lowest BCUT2D eigenvalue weighted by atomic mass is 9.96. The second-order valence-corrected chi connectivity index (χ2v) is 6.42. The molecule has 0 fully saturated rings. The number of fused-ring (bicyclic) bond motifs is 1. The second kappa shape index (κ2) is 6.48. The molecule has 2 heterocycles. The second-order valence-electron chi connectivity index (χ2n) is 5.36. The van der Waals surface area contributed by atoms with Crippen LogP contribution >= 0.6 is 11.3 Å². The van der Waals surface area contributed by atoms with Crippen molar-refractivity contribution in [3.05, 3.63) is 51.5 Å². The van der Waals surface area contributed by atoms with Crippen molar-refractivity contribution in [2.45, 2.75) is 32.4 Å². The lowest BCUT2D eigenvalue weighted by Crippen LogP contribution is -2.43. The Morgan fingerprint density at radius 1 is 1.35 bits per heavy atom. The Labute approximate surface area is 124 Å². The Hall–Kier alpha value is -1.23. The first-order valence-corrected chi connectivity index (χ1v) is 8.11. The Morgan fingerprint density at radius 2 is 2.20 bits per heavy atom. The molecule has 1 aromatic heterocycles. The molecule has 1 atom stereocenters. The molecule has 0 bridgehead atoms. The number of nitrogens with zero attached hydrogens (tertiary/aromatic N) is 1. The van der Waals surface area contributed by atoms with Crippen molar-refractivity contribution in [3.8, 4) is 0 Å². The van der Waals surface area contributed by atoms with E-state index in [-0.39, 0.29) is 0 Å². The van der Waals surface area contributed by atoms with Gasteiger partial charge in [-0.2, -0.15) is 0 Å². The van der Waals surface area contributed by atoms with Crippen LogP contribution in [-0.4, -0.2) is 24.1 Å². The zero-order chi connectivity index (χ0) is 13.8. The number of rotatable bonds is 5. The van der Waals surface area contributed by atoms with Gasteiger partial charge in [0.1, 0.15) is 0 Å². The molecule has 1 unspecified atom stereocenters. The molecule has 106 valence electrons. The molecule has 2 N–H and O–H groups in total. The van der Waals surface area contributed by atoms with Gasteiger partial charge in [-0.1, -0.05) is 24.3 Å². The molecular weight excluding hydrogens is 266 g/mol. The SMILES string of the molecule is Cc1nc(CCNCC2Cc3ccccc3CN2)cs1. The minimum absolute atomic E-state index is 0.544. The molecule has 0 amide bonds. The standard InChI is InChI=1S/C16H21N3S/c1-12-19-15(11-20-12)6-7-17-10-16-8-13-4-2-3-5-14(13)9-18-16/h2-5,11,16-18H,6-10H2,1H3. The highest BCUT2D eigenvalue weighted by atomic mass is 32.1. The van der Waals surface area contributed by atoms with Gasteiger partial charge in [0, 0.05) is 37.5 Å². The van der Waals surface area contributed by atoms with Gasteiger partial charge >= 0.3 is 0 Å². The van der Waals surface area contributed by atoms with Crippen LogP contribution < -0.4 is 10.6 Å². The van der Waals surface area contributed by atoms with E-state index in [1.165, 1.54) is 16.8 Å². The highest BCUT2D eigenvalue weighted by Gasteiger charge is 2.16. The molecule has 0 saturated carbocycles. The van der Waals surface area contributed by atoms with Crippen molar-refractivity contribution in [3.63, 3.8) is 0 Å². The van der Waals surface area contributed by atoms with E-state index in [0.717, 1.165) is 37.5 Å². The molecule has 0 spiro atoms. The summed E-state index contributed by atoms with van der Waals surface area (Å²) in [7, 11) is 0. The first-order chi connectivity index (χ1) is 9.81. The highest BCUT2D eigenvalue weighted by Crippen LogP contribution is 2.15. The predicted octanol–water partition coefficient (Wildman–Crippen LogP) is 2.30. The summed E-state index contributed by atoms with van der Waals surface area (Å²) in [6, 6.07) is 9.27. The largest absolute Gasteiger partial charge is 0.315 e. The van der Waals surface area contributed by atoms with Crippen molar-refractivity contribution in [1.82, 2.24) is 15.6 Å². The van der Waals surface area contributed by atoms with Crippen LogP contribution in [0.2, 0.25) is 0 Å². The molecule has 1 aliphatic heterocycles. The van der Waals surface area contributed by atoms with Crippen LogP contribution in [0.15, 0.2) is 29.6 Å². The van der Waals surface area contributed by atoms with Crippen LogP contribution in [0.25, 0.3) is 0 Å². The average molecular weight is 287 g/mol. The van der Waals surface area contributed by atoms with E-state index < -0.39 is 0 Å². The number of thiazole rings is 1. The Bertz CT molecular complexity index is 564. The molecule has 3 rings (SSSR count). The molecule has 2 aromatic rings.